The second kappa shape index (κ2) is 5.75. The van der Waals surface area contributed by atoms with E-state index in [1.54, 1.807) is 12.1 Å². The van der Waals surface area contributed by atoms with E-state index >= 15 is 0 Å². The Bertz CT molecular complexity index is 1120. The molecule has 0 aliphatic carbocycles. The molecular formula is C18H12ClN3O3. The number of fused-ring (bicyclic) bond motifs is 3. The van der Waals surface area contributed by atoms with Crippen LogP contribution in [-0.2, 0) is 4.74 Å². The number of pyridine rings is 1. The lowest BCUT2D eigenvalue weighted by molar-refractivity contribution is 0.0587. The van der Waals surface area contributed by atoms with Gasteiger partial charge in [-0.25, -0.2) is 14.3 Å². The summed E-state index contributed by atoms with van der Waals surface area (Å²) in [5.74, 6) is -0.931. The topological polar surface area (TPSA) is 76.7 Å². The quantitative estimate of drug-likeness (QED) is 0.556. The molecule has 0 amide bonds. The molecule has 2 aromatic heterocycles. The smallest absolute Gasteiger partial charge is 0.360 e. The van der Waals surface area contributed by atoms with E-state index in [1.807, 2.05) is 30.3 Å². The normalized spacial score (nSPS) is 11.1. The Morgan fingerprint density at radius 2 is 1.96 bits per heavy atom. The minimum atomic E-state index is -0.703. The lowest BCUT2D eigenvalue weighted by atomic mass is 9.98. The van der Waals surface area contributed by atoms with Crippen LogP contribution in [0.5, 0.6) is 5.75 Å². The lowest BCUT2D eigenvalue weighted by Crippen LogP contribution is -2.10. The second-order valence-electron chi connectivity index (χ2n) is 5.40. The van der Waals surface area contributed by atoms with Crippen molar-refractivity contribution in [2.24, 2.45) is 0 Å². The predicted octanol–water partition coefficient (Wildman–Crippen LogP) is 3.70. The van der Waals surface area contributed by atoms with Gasteiger partial charge in [-0.15, -0.1) is 0 Å². The summed E-state index contributed by atoms with van der Waals surface area (Å²) in [6, 6.07) is 12.9. The first kappa shape index (κ1) is 15.4. The summed E-state index contributed by atoms with van der Waals surface area (Å²) in [5.41, 5.74) is 1.91. The maximum Gasteiger partial charge on any atom is 0.360 e. The number of ether oxygens (including phenoxy) is 1. The van der Waals surface area contributed by atoms with Crippen molar-refractivity contribution in [1.82, 2.24) is 14.6 Å². The molecule has 6 nitrogen and oxygen atoms in total. The van der Waals surface area contributed by atoms with Crippen LogP contribution in [0.3, 0.4) is 0 Å². The van der Waals surface area contributed by atoms with Crippen LogP contribution in [0.25, 0.3) is 27.5 Å². The van der Waals surface area contributed by atoms with Gasteiger partial charge in [0.05, 0.1) is 7.11 Å². The van der Waals surface area contributed by atoms with Gasteiger partial charge in [-0.2, -0.15) is 5.10 Å². The second-order valence-corrected chi connectivity index (χ2v) is 5.80. The number of rotatable bonds is 2. The SMILES string of the molecule is COC(=O)c1c(O)c2ccc(Cl)c(-c3ccccc3)c2c2ncnn12. The van der Waals surface area contributed by atoms with Crippen LogP contribution in [0.4, 0.5) is 0 Å². The Morgan fingerprint density at radius 3 is 2.68 bits per heavy atom. The maximum absolute atomic E-state index is 12.1. The van der Waals surface area contributed by atoms with Gasteiger partial charge in [-0.05, 0) is 17.7 Å². The van der Waals surface area contributed by atoms with Crippen LogP contribution < -0.4 is 0 Å². The van der Waals surface area contributed by atoms with Gasteiger partial charge in [-0.1, -0.05) is 41.9 Å². The fraction of sp³-hybridized carbons (Fsp3) is 0.0556. The predicted molar refractivity (Wildman–Crippen MR) is 93.9 cm³/mol. The fourth-order valence-electron chi connectivity index (χ4n) is 2.98. The molecular weight excluding hydrogens is 342 g/mol. The number of methoxy groups -OCH3 is 1. The Kier molecular flexibility index (Phi) is 3.54. The highest BCUT2D eigenvalue weighted by Gasteiger charge is 2.24. The number of aromatic nitrogens is 3. The molecule has 4 aromatic rings. The summed E-state index contributed by atoms with van der Waals surface area (Å²) in [6.07, 6.45) is 1.32. The zero-order chi connectivity index (χ0) is 17.6. The summed E-state index contributed by atoms with van der Waals surface area (Å²) in [5, 5.41) is 16.3. The van der Waals surface area contributed by atoms with Crippen LogP contribution in [-0.4, -0.2) is 32.8 Å². The average Bonchev–Trinajstić information content (AvgIpc) is 3.11. The van der Waals surface area contributed by atoms with Gasteiger partial charge in [0.15, 0.2) is 17.1 Å². The van der Waals surface area contributed by atoms with E-state index < -0.39 is 5.97 Å². The van der Waals surface area contributed by atoms with Gasteiger partial charge < -0.3 is 9.84 Å². The van der Waals surface area contributed by atoms with E-state index in [2.05, 4.69) is 10.1 Å². The number of carbonyl (C=O) groups is 1. The first-order chi connectivity index (χ1) is 12.1. The Balaban J connectivity index is 2.23. The van der Waals surface area contributed by atoms with Gasteiger partial charge in [-0.3, -0.25) is 0 Å². The van der Waals surface area contributed by atoms with Crippen molar-refractivity contribution in [2.75, 3.05) is 7.11 Å². The number of halogens is 1. The van der Waals surface area contributed by atoms with Gasteiger partial charge in [0.2, 0.25) is 0 Å². The third kappa shape index (κ3) is 2.22. The van der Waals surface area contributed by atoms with Crippen molar-refractivity contribution in [3.63, 3.8) is 0 Å². The standard InChI is InChI=1S/C18H12ClN3O3/c1-25-18(24)15-16(23)11-7-8-12(19)13(10-5-3-2-4-6-10)14(11)17-20-9-21-22(15)17/h2-9,23H,1H3. The third-order valence-electron chi connectivity index (χ3n) is 4.06. The molecule has 0 spiro atoms. The van der Waals surface area contributed by atoms with Crippen LogP contribution >= 0.6 is 11.6 Å². The zero-order valence-corrected chi connectivity index (χ0v) is 13.9. The van der Waals surface area contributed by atoms with Gasteiger partial charge in [0.1, 0.15) is 6.33 Å². The van der Waals surface area contributed by atoms with Crippen molar-refractivity contribution < 1.29 is 14.6 Å². The Labute approximate surface area is 147 Å². The largest absolute Gasteiger partial charge is 0.505 e. The molecule has 0 fully saturated rings. The number of esters is 1. The summed E-state index contributed by atoms with van der Waals surface area (Å²) in [6.45, 7) is 0. The molecule has 0 aliphatic heterocycles. The molecule has 124 valence electrons. The van der Waals surface area contributed by atoms with Crippen molar-refractivity contribution in [1.29, 1.82) is 0 Å². The fourth-order valence-corrected chi connectivity index (χ4v) is 3.24. The van der Waals surface area contributed by atoms with Crippen molar-refractivity contribution in [3.8, 4) is 16.9 Å². The molecule has 7 heteroatoms. The van der Waals surface area contributed by atoms with Crippen molar-refractivity contribution in [3.05, 3.63) is 59.5 Å². The molecule has 0 aliphatic rings. The molecule has 2 aromatic carbocycles. The summed E-state index contributed by atoms with van der Waals surface area (Å²) >= 11 is 6.46. The minimum Gasteiger partial charge on any atom is -0.505 e. The molecule has 2 heterocycles. The molecule has 0 atom stereocenters. The van der Waals surface area contributed by atoms with Crippen LogP contribution in [0.2, 0.25) is 5.02 Å². The van der Waals surface area contributed by atoms with Crippen LogP contribution in [0.15, 0.2) is 48.8 Å². The molecule has 4 rings (SSSR count). The molecule has 0 unspecified atom stereocenters. The van der Waals surface area contributed by atoms with Crippen LogP contribution in [0.1, 0.15) is 10.5 Å². The van der Waals surface area contributed by atoms with E-state index in [0.29, 0.717) is 27.0 Å². The number of benzene rings is 2. The van der Waals surface area contributed by atoms with E-state index in [1.165, 1.54) is 18.0 Å². The molecule has 0 saturated carbocycles. The van der Waals surface area contributed by atoms with Gasteiger partial charge in [0.25, 0.3) is 0 Å². The minimum absolute atomic E-state index is 0.0798. The van der Waals surface area contributed by atoms with Gasteiger partial charge >= 0.3 is 5.97 Å². The number of hydrogen-bond donors (Lipinski definition) is 1. The van der Waals surface area contributed by atoms with Crippen molar-refractivity contribution >= 4 is 34.0 Å². The average molecular weight is 354 g/mol. The highest BCUT2D eigenvalue weighted by atomic mass is 35.5. The number of hydrogen-bond acceptors (Lipinski definition) is 5. The van der Waals surface area contributed by atoms with Crippen LogP contribution in [0, 0.1) is 0 Å². The highest BCUT2D eigenvalue weighted by Crippen LogP contribution is 2.41. The number of nitrogens with zero attached hydrogens (tertiary/aromatic N) is 3. The van der Waals surface area contributed by atoms with E-state index in [-0.39, 0.29) is 11.4 Å². The molecule has 25 heavy (non-hydrogen) atoms. The molecule has 0 bridgehead atoms. The van der Waals surface area contributed by atoms with Gasteiger partial charge in [0, 0.05) is 21.4 Å². The Morgan fingerprint density at radius 1 is 1.20 bits per heavy atom. The number of carbonyl (C=O) groups excluding carboxylic acids is 1. The Hall–Kier alpha value is -3.12. The highest BCUT2D eigenvalue weighted by molar-refractivity contribution is 6.36. The monoisotopic (exact) mass is 353 g/mol. The summed E-state index contributed by atoms with van der Waals surface area (Å²) in [4.78, 5) is 16.4. The summed E-state index contributed by atoms with van der Waals surface area (Å²) in [7, 11) is 1.24. The first-order valence-corrected chi connectivity index (χ1v) is 7.82. The van der Waals surface area contributed by atoms with E-state index in [4.69, 9.17) is 16.3 Å². The van der Waals surface area contributed by atoms with E-state index in [0.717, 1.165) is 5.56 Å². The molecule has 0 radical (unpaired) electrons. The first-order valence-electron chi connectivity index (χ1n) is 7.44. The molecule has 1 N–H and O–H groups in total. The molecule has 0 saturated heterocycles. The van der Waals surface area contributed by atoms with Crippen molar-refractivity contribution in [2.45, 2.75) is 0 Å². The summed E-state index contributed by atoms with van der Waals surface area (Å²) < 4.78 is 6.04. The number of aromatic hydroxyl groups is 1. The lowest BCUT2D eigenvalue weighted by Gasteiger charge is -2.14. The maximum atomic E-state index is 12.1. The zero-order valence-electron chi connectivity index (χ0n) is 13.1. The van der Waals surface area contributed by atoms with E-state index in [9.17, 15) is 9.90 Å². The third-order valence-corrected chi connectivity index (χ3v) is 4.37.